The van der Waals surface area contributed by atoms with Gasteiger partial charge in [-0.05, 0) is 44.9 Å². The molecule has 0 aromatic rings. The number of hydrogen-bond donors (Lipinski definition) is 1. The van der Waals surface area contributed by atoms with E-state index < -0.39 is 5.97 Å². The van der Waals surface area contributed by atoms with Gasteiger partial charge >= 0.3 is 5.97 Å². The van der Waals surface area contributed by atoms with Crippen molar-refractivity contribution in [3.05, 3.63) is 12.2 Å². The molecule has 0 fully saturated rings. The van der Waals surface area contributed by atoms with Crippen LogP contribution < -0.4 is 0 Å². The van der Waals surface area contributed by atoms with Gasteiger partial charge in [-0.25, -0.2) is 0 Å². The first-order valence-corrected chi connectivity index (χ1v) is 18.0. The van der Waals surface area contributed by atoms with Gasteiger partial charge < -0.3 is 5.11 Å². The molecule has 0 aromatic heterocycles. The minimum Gasteiger partial charge on any atom is -0.481 e. The summed E-state index contributed by atoms with van der Waals surface area (Å²) in [4.78, 5) is 10.3. The molecule has 1 N–H and O–H groups in total. The Labute approximate surface area is 251 Å². The van der Waals surface area contributed by atoms with Crippen LogP contribution in [0.15, 0.2) is 12.2 Å². The van der Waals surface area contributed by atoms with E-state index >= 15 is 0 Å². The summed E-state index contributed by atoms with van der Waals surface area (Å²) in [5.41, 5.74) is 0. The maximum Gasteiger partial charge on any atom is 0.303 e. The maximum absolute atomic E-state index is 10.3. The normalized spacial score (nSPS) is 12.0. The van der Waals surface area contributed by atoms with E-state index in [9.17, 15) is 4.79 Å². The summed E-state index contributed by atoms with van der Waals surface area (Å²) in [6.45, 7) is 6.79. The van der Waals surface area contributed by atoms with E-state index in [1.54, 1.807) is 0 Å². The van der Waals surface area contributed by atoms with Crippen molar-refractivity contribution in [2.45, 2.75) is 212 Å². The molecular formula is C36H71ClO2. The molecule has 1 atom stereocenters. The molecular weight excluding hydrogens is 500 g/mol. The van der Waals surface area contributed by atoms with Crippen LogP contribution >= 0.6 is 11.6 Å². The zero-order chi connectivity index (χ0) is 29.1. The van der Waals surface area contributed by atoms with Gasteiger partial charge in [0.1, 0.15) is 0 Å². The third kappa shape index (κ3) is 42.1. The van der Waals surface area contributed by atoms with Gasteiger partial charge in [-0.3, -0.25) is 4.79 Å². The second-order valence-corrected chi connectivity index (χ2v) is 12.4. The summed E-state index contributed by atoms with van der Waals surface area (Å²) < 4.78 is 0. The Bertz CT molecular complexity index is 477. The molecule has 1 unspecified atom stereocenters. The minimum absolute atomic E-state index is 0.332. The number of aliphatic carboxylic acids is 1. The molecule has 0 bridgehead atoms. The fourth-order valence-corrected chi connectivity index (χ4v) is 5.26. The van der Waals surface area contributed by atoms with Crippen LogP contribution in [0.5, 0.6) is 0 Å². The Balaban J connectivity index is 0. The molecule has 0 aromatic carbocycles. The standard InChI is InChI=1S/C18H37Cl.C18H34O2/c1-3-5-7-8-9-10-11-12-13-14-15-17-18(19)16-6-4-2;1-2-3-4-5-6-7-8-9-10-11-12-13-14-15-16-17-18(19)20/h18H,3-17H2,1-2H3;9-10H,2-8,11-17H2,1H3,(H,19,20)/b;10-9-. The maximum atomic E-state index is 10.3. The lowest BCUT2D eigenvalue weighted by atomic mass is 10.0. The van der Waals surface area contributed by atoms with Crippen LogP contribution in [-0.2, 0) is 4.79 Å². The van der Waals surface area contributed by atoms with Crippen molar-refractivity contribution in [3.8, 4) is 0 Å². The Morgan fingerprint density at radius 2 is 0.846 bits per heavy atom. The Hall–Kier alpha value is -0.500. The third-order valence-corrected chi connectivity index (χ3v) is 8.08. The van der Waals surface area contributed by atoms with Crippen LogP contribution in [0.25, 0.3) is 0 Å². The summed E-state index contributed by atoms with van der Waals surface area (Å²) in [5.74, 6) is -0.664. The zero-order valence-electron chi connectivity index (χ0n) is 27.0. The number of alkyl halides is 1. The van der Waals surface area contributed by atoms with E-state index in [1.165, 1.54) is 167 Å². The molecule has 0 aliphatic heterocycles. The predicted octanol–water partition coefficient (Wildman–Crippen LogP) is 13.6. The lowest BCUT2D eigenvalue weighted by Gasteiger charge is -2.08. The number of rotatable bonds is 30. The molecule has 0 saturated heterocycles. The van der Waals surface area contributed by atoms with Gasteiger partial charge in [0.2, 0.25) is 0 Å². The largest absolute Gasteiger partial charge is 0.481 e. The SMILES string of the molecule is CCCCCCCC/C=C\CCCCCCCC(=O)O.CCCCCCCCCCCCCC(Cl)CCCC. The van der Waals surface area contributed by atoms with Gasteiger partial charge in [0.25, 0.3) is 0 Å². The first kappa shape index (κ1) is 40.6. The Morgan fingerprint density at radius 1 is 0.513 bits per heavy atom. The highest BCUT2D eigenvalue weighted by Gasteiger charge is 2.03. The second-order valence-electron chi connectivity index (χ2n) is 11.8. The molecule has 0 heterocycles. The van der Waals surface area contributed by atoms with E-state index in [0.717, 1.165) is 12.8 Å². The van der Waals surface area contributed by atoms with E-state index in [1.807, 2.05) is 0 Å². The fourth-order valence-electron chi connectivity index (χ4n) is 4.95. The van der Waals surface area contributed by atoms with Crippen molar-refractivity contribution in [1.82, 2.24) is 0 Å². The lowest BCUT2D eigenvalue weighted by molar-refractivity contribution is -0.137. The highest BCUT2D eigenvalue weighted by molar-refractivity contribution is 6.20. The fraction of sp³-hybridized carbons (Fsp3) is 0.917. The summed E-state index contributed by atoms with van der Waals surface area (Å²) in [7, 11) is 0. The summed E-state index contributed by atoms with van der Waals surface area (Å²) in [5, 5.41) is 8.95. The number of hydrogen-bond acceptors (Lipinski definition) is 1. The Kier molecular flexibility index (Phi) is 39.1. The molecule has 0 rings (SSSR count). The molecule has 0 spiro atoms. The van der Waals surface area contributed by atoms with Gasteiger partial charge in [-0.2, -0.15) is 0 Å². The molecule has 0 aliphatic rings. The number of unbranched alkanes of at least 4 members (excludes halogenated alkanes) is 22. The topological polar surface area (TPSA) is 37.3 Å². The second kappa shape index (κ2) is 37.5. The predicted molar refractivity (Wildman–Crippen MR) is 177 cm³/mol. The van der Waals surface area contributed by atoms with Crippen LogP contribution in [0.3, 0.4) is 0 Å². The third-order valence-electron chi connectivity index (χ3n) is 7.64. The van der Waals surface area contributed by atoms with Crippen molar-refractivity contribution >= 4 is 17.6 Å². The Morgan fingerprint density at radius 3 is 1.26 bits per heavy atom. The van der Waals surface area contributed by atoms with Gasteiger partial charge in [0, 0.05) is 11.8 Å². The summed E-state index contributed by atoms with van der Waals surface area (Å²) in [6.07, 6.45) is 41.9. The van der Waals surface area contributed by atoms with E-state index in [4.69, 9.17) is 16.7 Å². The van der Waals surface area contributed by atoms with Crippen molar-refractivity contribution in [3.63, 3.8) is 0 Å². The zero-order valence-corrected chi connectivity index (χ0v) is 27.7. The number of carboxylic acids is 1. The summed E-state index contributed by atoms with van der Waals surface area (Å²) in [6, 6.07) is 0. The molecule has 234 valence electrons. The van der Waals surface area contributed by atoms with Crippen LogP contribution in [0.1, 0.15) is 207 Å². The van der Waals surface area contributed by atoms with E-state index in [2.05, 4.69) is 32.9 Å². The number of carbonyl (C=O) groups is 1. The lowest BCUT2D eigenvalue weighted by Crippen LogP contribution is -1.97. The van der Waals surface area contributed by atoms with Crippen molar-refractivity contribution in [2.24, 2.45) is 0 Å². The van der Waals surface area contributed by atoms with E-state index in [-0.39, 0.29) is 0 Å². The molecule has 0 radical (unpaired) electrons. The molecule has 2 nitrogen and oxygen atoms in total. The first-order valence-electron chi connectivity index (χ1n) is 17.6. The van der Waals surface area contributed by atoms with Crippen LogP contribution in [0, 0.1) is 0 Å². The monoisotopic (exact) mass is 571 g/mol. The quantitative estimate of drug-likeness (QED) is 0.0529. The average molecular weight is 571 g/mol. The number of halogens is 1. The van der Waals surface area contributed by atoms with Crippen LogP contribution in [0.4, 0.5) is 0 Å². The number of carboxylic acid groups (broad SMARTS) is 1. The van der Waals surface area contributed by atoms with Crippen molar-refractivity contribution in [1.29, 1.82) is 0 Å². The van der Waals surface area contributed by atoms with Crippen LogP contribution in [0.2, 0.25) is 0 Å². The van der Waals surface area contributed by atoms with Gasteiger partial charge in [0.15, 0.2) is 0 Å². The molecule has 3 heteroatoms. The minimum atomic E-state index is -0.664. The van der Waals surface area contributed by atoms with Gasteiger partial charge in [-0.15, -0.1) is 11.6 Å². The highest BCUT2D eigenvalue weighted by Crippen LogP contribution is 2.17. The van der Waals surface area contributed by atoms with Gasteiger partial charge in [-0.1, -0.05) is 168 Å². The van der Waals surface area contributed by atoms with Crippen molar-refractivity contribution in [2.75, 3.05) is 0 Å². The van der Waals surface area contributed by atoms with E-state index in [0.29, 0.717) is 11.8 Å². The first-order chi connectivity index (χ1) is 19.1. The number of allylic oxidation sites excluding steroid dienone is 2. The van der Waals surface area contributed by atoms with Crippen LogP contribution in [-0.4, -0.2) is 16.5 Å². The molecule has 0 amide bonds. The smallest absolute Gasteiger partial charge is 0.303 e. The average Bonchev–Trinajstić information content (AvgIpc) is 2.93. The molecule has 0 saturated carbocycles. The highest BCUT2D eigenvalue weighted by atomic mass is 35.5. The van der Waals surface area contributed by atoms with Crippen molar-refractivity contribution < 1.29 is 9.90 Å². The van der Waals surface area contributed by atoms with Gasteiger partial charge in [0.05, 0.1) is 0 Å². The molecule has 0 aliphatic carbocycles. The molecule has 39 heavy (non-hydrogen) atoms. The summed E-state index contributed by atoms with van der Waals surface area (Å²) >= 11 is 6.28.